The Hall–Kier alpha value is -8.46. The molecule has 5 amide bonds. The molecule has 18 heteroatoms. The number of carboxylic acid groups (broad SMARTS) is 1. The minimum absolute atomic E-state index is 0.0204. The molecular weight excluding hydrogens is 796 g/mol. The highest BCUT2D eigenvalue weighted by atomic mass is 19.1. The third kappa shape index (κ3) is 10.9. The van der Waals surface area contributed by atoms with Gasteiger partial charge in [-0.2, -0.15) is 5.26 Å². The molecule has 0 aliphatic heterocycles. The lowest BCUT2D eigenvalue weighted by Gasteiger charge is -2.17. The molecule has 8 N–H and O–H groups in total. The molecule has 0 saturated heterocycles. The first kappa shape index (κ1) is 43.7. The van der Waals surface area contributed by atoms with E-state index in [4.69, 9.17) is 9.47 Å². The Balaban J connectivity index is 1.16. The Labute approximate surface area is 346 Å². The van der Waals surface area contributed by atoms with Gasteiger partial charge < -0.3 is 51.4 Å². The van der Waals surface area contributed by atoms with Gasteiger partial charge in [-0.3, -0.25) is 24.0 Å². The summed E-state index contributed by atoms with van der Waals surface area (Å²) < 4.78 is 23.4. The van der Waals surface area contributed by atoms with Crippen LogP contribution in [0.4, 0.5) is 27.1 Å². The monoisotopic (exact) mass is 832 g/mol. The number of nitrogens with one attached hydrogen (secondary N) is 5. The van der Waals surface area contributed by atoms with Crippen molar-refractivity contribution >= 4 is 58.3 Å². The van der Waals surface area contributed by atoms with Gasteiger partial charge in [0, 0.05) is 28.9 Å². The van der Waals surface area contributed by atoms with Crippen LogP contribution in [0.2, 0.25) is 0 Å². The third-order valence-electron chi connectivity index (χ3n) is 8.96. The van der Waals surface area contributed by atoms with Crippen molar-refractivity contribution in [1.82, 2.24) is 5.32 Å². The van der Waals surface area contributed by atoms with Crippen LogP contribution in [0.3, 0.4) is 0 Å². The summed E-state index contributed by atoms with van der Waals surface area (Å²) in [5.41, 5.74) is 0.825. The zero-order valence-corrected chi connectivity index (χ0v) is 32.4. The van der Waals surface area contributed by atoms with Crippen molar-refractivity contribution in [2.45, 2.75) is 25.3 Å². The number of nitrogens with zero attached hydrogens (tertiary/aromatic N) is 1. The maximum atomic E-state index is 13.2. The van der Waals surface area contributed by atoms with Gasteiger partial charge in [0.25, 0.3) is 17.7 Å². The Morgan fingerprint density at radius 2 is 1.16 bits per heavy atom. The van der Waals surface area contributed by atoms with E-state index in [1.54, 1.807) is 12.1 Å². The minimum atomic E-state index is -1.43. The highest BCUT2D eigenvalue weighted by Gasteiger charge is 2.25. The molecule has 5 aromatic carbocycles. The van der Waals surface area contributed by atoms with Gasteiger partial charge in [0.2, 0.25) is 11.8 Å². The van der Waals surface area contributed by atoms with Gasteiger partial charge in [-0.05, 0) is 96.9 Å². The molecule has 0 spiro atoms. The molecule has 1 atom stereocenters. The van der Waals surface area contributed by atoms with Gasteiger partial charge in [-0.1, -0.05) is 12.1 Å². The van der Waals surface area contributed by atoms with Crippen molar-refractivity contribution in [2.24, 2.45) is 0 Å². The Morgan fingerprint density at radius 1 is 0.656 bits per heavy atom. The van der Waals surface area contributed by atoms with Crippen LogP contribution in [0.1, 0.15) is 59.8 Å². The van der Waals surface area contributed by atoms with Crippen molar-refractivity contribution < 1.29 is 58.0 Å². The maximum absolute atomic E-state index is 13.2. The number of hydrogen-bond acceptors (Lipinski definition) is 11. The average Bonchev–Trinajstić information content (AvgIpc) is 3.23. The van der Waals surface area contributed by atoms with E-state index in [2.05, 4.69) is 26.6 Å². The van der Waals surface area contributed by atoms with Gasteiger partial charge in [-0.15, -0.1) is 0 Å². The number of phenols is 2. The molecule has 0 bridgehead atoms. The molecule has 0 aliphatic rings. The molecule has 0 aliphatic carbocycles. The second-order valence-electron chi connectivity index (χ2n) is 13.0. The van der Waals surface area contributed by atoms with Crippen molar-refractivity contribution in [3.63, 3.8) is 0 Å². The SMILES string of the molecule is COc1c(NC(=O)c2ccc(NC(=O)c3ccc(NC(=O)C(CC#N)NC(=O)c4ccc(NC(=O)CCc5ccc(F)cc5)cc4)cc3)c(OC)c2O)ccc(C(=O)O)c1O. The smallest absolute Gasteiger partial charge is 0.339 e. The number of carbonyl (C=O) groups is 6. The number of anilines is 4. The van der Waals surface area contributed by atoms with Crippen molar-refractivity contribution in [1.29, 1.82) is 5.26 Å². The molecule has 17 nitrogen and oxygen atoms in total. The summed E-state index contributed by atoms with van der Waals surface area (Å²) in [6.07, 6.45) is 0.185. The maximum Gasteiger partial charge on any atom is 0.339 e. The van der Waals surface area contributed by atoms with Crippen molar-refractivity contribution in [3.05, 3.63) is 131 Å². The number of phenolic OH excluding ortho intramolecular Hbond substituents is 1. The highest BCUT2D eigenvalue weighted by Crippen LogP contribution is 2.40. The van der Waals surface area contributed by atoms with Crippen molar-refractivity contribution in [3.8, 4) is 29.1 Å². The number of rotatable bonds is 16. The lowest BCUT2D eigenvalue weighted by Crippen LogP contribution is -2.43. The summed E-state index contributed by atoms with van der Waals surface area (Å²) in [4.78, 5) is 76.1. The summed E-state index contributed by atoms with van der Waals surface area (Å²) in [6, 6.07) is 22.6. The average molecular weight is 833 g/mol. The number of halogens is 1. The summed E-state index contributed by atoms with van der Waals surface area (Å²) in [5.74, 6) is -6.99. The first-order chi connectivity index (χ1) is 29.2. The zero-order valence-electron chi connectivity index (χ0n) is 32.4. The molecule has 5 aromatic rings. The molecule has 312 valence electrons. The lowest BCUT2D eigenvalue weighted by molar-refractivity contribution is -0.118. The Morgan fingerprint density at radius 3 is 1.70 bits per heavy atom. The van der Waals surface area contributed by atoms with Crippen LogP contribution in [0.25, 0.3) is 0 Å². The van der Waals surface area contributed by atoms with E-state index in [0.29, 0.717) is 12.1 Å². The number of methoxy groups -OCH3 is 2. The highest BCUT2D eigenvalue weighted by molar-refractivity contribution is 6.10. The fourth-order valence-corrected chi connectivity index (χ4v) is 5.81. The van der Waals surface area contributed by atoms with Crippen LogP contribution < -0.4 is 36.1 Å². The van der Waals surface area contributed by atoms with Crippen LogP contribution in [0.15, 0.2) is 97.1 Å². The van der Waals surface area contributed by atoms with Gasteiger partial charge in [0.1, 0.15) is 17.4 Å². The molecule has 0 heterocycles. The van der Waals surface area contributed by atoms with Crippen LogP contribution in [0.5, 0.6) is 23.0 Å². The third-order valence-corrected chi connectivity index (χ3v) is 8.96. The van der Waals surface area contributed by atoms with E-state index in [0.717, 1.165) is 18.7 Å². The fourth-order valence-electron chi connectivity index (χ4n) is 5.81. The number of aryl methyl sites for hydroxylation is 1. The predicted molar refractivity (Wildman–Crippen MR) is 219 cm³/mol. The number of carbonyl (C=O) groups excluding carboxylic acids is 5. The number of carboxylic acids is 1. The van der Waals surface area contributed by atoms with Crippen LogP contribution in [-0.2, 0) is 16.0 Å². The molecule has 1 unspecified atom stereocenters. The van der Waals surface area contributed by atoms with Gasteiger partial charge in [-0.25, -0.2) is 9.18 Å². The number of aromatic hydroxyl groups is 2. The van der Waals surface area contributed by atoms with E-state index in [-0.39, 0.29) is 69.8 Å². The first-order valence-corrected chi connectivity index (χ1v) is 18.1. The summed E-state index contributed by atoms with van der Waals surface area (Å²) in [7, 11) is 2.35. The first-order valence-electron chi connectivity index (χ1n) is 18.1. The van der Waals surface area contributed by atoms with Gasteiger partial charge >= 0.3 is 5.97 Å². The largest absolute Gasteiger partial charge is 0.504 e. The number of benzene rings is 5. The summed E-state index contributed by atoms with van der Waals surface area (Å²) in [6.45, 7) is 0. The molecule has 0 radical (unpaired) electrons. The molecule has 5 rings (SSSR count). The van der Waals surface area contributed by atoms with E-state index in [9.17, 15) is 53.7 Å². The lowest BCUT2D eigenvalue weighted by atomic mass is 10.1. The summed E-state index contributed by atoms with van der Waals surface area (Å²) in [5, 5.41) is 52.6. The van der Waals surface area contributed by atoms with Crippen molar-refractivity contribution in [2.75, 3.05) is 35.5 Å². The molecule has 61 heavy (non-hydrogen) atoms. The molecule has 0 saturated carbocycles. The molecule has 0 fully saturated rings. The number of ether oxygens (including phenoxy) is 2. The molecule has 0 aromatic heterocycles. The number of amides is 5. The van der Waals surface area contributed by atoms with E-state index < -0.39 is 52.7 Å². The standard InChI is InChI=1S/C43H37FN6O11/c1-60-37-31(18-16-29(35(37)52)41(56)49-32-19-17-30(43(58)59)36(53)38(32)61-2)48-39(54)24-8-14-28(15-9-24)47-42(57)33(21-22-45)50-40(55)25-6-12-27(13-7-25)46-34(51)20-5-23-3-10-26(44)11-4-23/h3-4,6-19,33,52-53H,5,20-21H2,1-2H3,(H,46,51)(H,47,57)(H,48,54)(H,49,56)(H,50,55)(H,58,59). The summed E-state index contributed by atoms with van der Waals surface area (Å²) >= 11 is 0. The van der Waals surface area contributed by atoms with Gasteiger partial charge in [0.05, 0.1) is 43.6 Å². The predicted octanol–water partition coefficient (Wildman–Crippen LogP) is 5.68. The van der Waals surface area contributed by atoms with E-state index in [1.165, 1.54) is 86.0 Å². The Kier molecular flexibility index (Phi) is 14.2. The van der Waals surface area contributed by atoms with E-state index in [1.807, 2.05) is 6.07 Å². The van der Waals surface area contributed by atoms with Crippen LogP contribution in [0, 0.1) is 17.1 Å². The second kappa shape index (κ2) is 19.8. The number of nitriles is 1. The topological polar surface area (TPSA) is 266 Å². The Bertz CT molecular complexity index is 2520. The minimum Gasteiger partial charge on any atom is -0.504 e. The quantitative estimate of drug-likeness (QED) is 0.0597. The van der Waals surface area contributed by atoms with Gasteiger partial charge in [0.15, 0.2) is 23.0 Å². The normalized spacial score (nSPS) is 10.9. The molecular formula is C43H37FN6O11. The van der Waals surface area contributed by atoms with Crippen LogP contribution in [-0.4, -0.2) is 71.1 Å². The fraction of sp³-hybridized carbons (Fsp3) is 0.140. The van der Waals surface area contributed by atoms with E-state index >= 15 is 0 Å². The second-order valence-corrected chi connectivity index (χ2v) is 13.0. The number of hydrogen-bond donors (Lipinski definition) is 8. The number of aromatic carboxylic acids is 1. The zero-order chi connectivity index (χ0) is 44.2. The van der Waals surface area contributed by atoms with Crippen LogP contribution >= 0.6 is 0 Å².